The molecule has 0 bridgehead atoms. The zero-order valence-electron chi connectivity index (χ0n) is 22.8. The third-order valence-corrected chi connectivity index (χ3v) is 8.01. The quantitative estimate of drug-likeness (QED) is 0.158. The van der Waals surface area contributed by atoms with Crippen LogP contribution in [0, 0.1) is 0 Å². The van der Waals surface area contributed by atoms with Gasteiger partial charge < -0.3 is 48.1 Å². The molecule has 2 aliphatic heterocycles. The number of rotatable bonds is 0. The van der Waals surface area contributed by atoms with E-state index in [1.165, 1.54) is 23.7 Å². The Hall–Kier alpha value is -2.64. The van der Waals surface area contributed by atoms with Crippen molar-refractivity contribution in [2.75, 3.05) is 0 Å². The molecule has 0 aliphatic carbocycles. The summed E-state index contributed by atoms with van der Waals surface area (Å²) in [7, 11) is -3.68. The van der Waals surface area contributed by atoms with Crippen molar-refractivity contribution in [1.82, 2.24) is 9.53 Å². The molecule has 0 saturated heterocycles. The second-order valence-corrected chi connectivity index (χ2v) is 11.0. The Morgan fingerprint density at radius 2 is 1.06 bits per heavy atom. The van der Waals surface area contributed by atoms with Crippen molar-refractivity contribution in [1.29, 1.82) is 0 Å². The van der Waals surface area contributed by atoms with Crippen LogP contribution < -0.4 is 20.6 Å². The van der Waals surface area contributed by atoms with Gasteiger partial charge in [-0.2, -0.15) is 0 Å². The Morgan fingerprint density at radius 3 is 1.64 bits per heavy atom. The summed E-state index contributed by atoms with van der Waals surface area (Å²) in [5.74, 6) is -1.53. The Balaban J connectivity index is 0.000000305. The van der Waals surface area contributed by atoms with E-state index in [0.29, 0.717) is 22.1 Å². The molecule has 3 amide bonds. The molecule has 0 N–H and O–H groups in total. The molecule has 47 heavy (non-hydrogen) atoms. The molecule has 0 saturated carbocycles. The van der Waals surface area contributed by atoms with Crippen LogP contribution in [-0.4, -0.2) is 26.1 Å². The number of carbonyl (C=O) groups excluding carboxylic acids is 3. The van der Waals surface area contributed by atoms with E-state index >= 15 is 0 Å². The van der Waals surface area contributed by atoms with E-state index in [4.69, 9.17) is 0 Å². The Labute approximate surface area is 332 Å². The van der Waals surface area contributed by atoms with Crippen molar-refractivity contribution in [3.63, 3.8) is 0 Å². The molecule has 4 aromatic carbocycles. The number of imide groups is 1. The molecule has 0 atom stereocenters. The number of carbonyl (C=O) groups is 3. The number of sulfonamides is 1. The maximum Gasteiger partial charge on any atom is 1.00 e. The molecule has 8 rings (SSSR count). The van der Waals surface area contributed by atoms with E-state index in [1.807, 2.05) is 18.2 Å². The van der Waals surface area contributed by atoms with Gasteiger partial charge in [0.15, 0.2) is 0 Å². The van der Waals surface area contributed by atoms with E-state index in [-0.39, 0.29) is 111 Å². The molecule has 4 heterocycles. The first-order valence-corrected chi connectivity index (χ1v) is 14.4. The summed E-state index contributed by atoms with van der Waals surface area (Å²) in [4.78, 5) is 54.4. The van der Waals surface area contributed by atoms with Crippen LogP contribution in [0.5, 0.6) is 0 Å². The minimum Gasteiger partial charge on any atom is -0.587 e. The van der Waals surface area contributed by atoms with E-state index in [0.717, 1.165) is 10.1 Å². The molecule has 0 spiro atoms. The number of para-hydroxylation sites is 1. The van der Waals surface area contributed by atoms with Crippen LogP contribution in [0.1, 0.15) is 31.1 Å². The predicted molar refractivity (Wildman–Crippen MR) is 157 cm³/mol. The van der Waals surface area contributed by atoms with Crippen LogP contribution in [0.15, 0.2) is 116 Å². The third-order valence-electron chi connectivity index (χ3n) is 5.88. The van der Waals surface area contributed by atoms with Gasteiger partial charge in [-0.3, -0.25) is 11.5 Å². The molecule has 0 radical (unpaired) electrons. The van der Waals surface area contributed by atoms with Gasteiger partial charge in [0.25, 0.3) is 0 Å². The van der Waals surface area contributed by atoms with Crippen LogP contribution >= 0.6 is 11.5 Å². The average molecular weight is 1040 g/mol. The summed E-state index contributed by atoms with van der Waals surface area (Å²) < 4.78 is 34.5. The Morgan fingerprint density at radius 1 is 0.553 bits per heavy atom. The summed E-state index contributed by atoms with van der Waals surface area (Å²) in [6, 6.07) is 27.0. The summed E-state index contributed by atoms with van der Waals surface area (Å²) in [5, 5.41) is 7.82. The molecule has 2 aliphatic rings. The minimum absolute atomic E-state index is 0. The van der Waals surface area contributed by atoms with Crippen LogP contribution in [0.4, 0.5) is 0 Å². The first-order valence-electron chi connectivity index (χ1n) is 12.2. The SMILES string of the molecule is O=C1[N-]C(=O)c2ccccc21.O=C1[N-]S(=O)(=O)c2ccccc21.O=c1[n-]oc2ccccc12.O=c1[n-]sc2ccccc12.[Ag+].[Ag+].[Ag+].[Ag+]. The van der Waals surface area contributed by atoms with E-state index in [1.54, 1.807) is 66.7 Å². The topological polar surface area (TPSA) is 189 Å². The van der Waals surface area contributed by atoms with Gasteiger partial charge in [-0.05, 0) is 24.3 Å². The van der Waals surface area contributed by atoms with Gasteiger partial charge in [0.1, 0.15) is 21.2 Å². The van der Waals surface area contributed by atoms with Crippen LogP contribution in [0.3, 0.4) is 0 Å². The van der Waals surface area contributed by atoms with Gasteiger partial charge in [-0.1, -0.05) is 72.8 Å². The van der Waals surface area contributed by atoms with E-state index in [2.05, 4.69) is 24.1 Å². The molecule has 0 fully saturated rings. The van der Waals surface area contributed by atoms with Crippen molar-refractivity contribution >= 4 is 60.3 Å². The molecule has 6 aromatic rings. The molecular formula is C29H16Ag4N4O8S2. The smallest absolute Gasteiger partial charge is 0.587 e. The van der Waals surface area contributed by atoms with Gasteiger partial charge in [0.2, 0.25) is 0 Å². The van der Waals surface area contributed by atoms with Crippen molar-refractivity contribution in [3.8, 4) is 0 Å². The number of amides is 3. The summed E-state index contributed by atoms with van der Waals surface area (Å²) >= 11 is 1.25. The molecule has 256 valence electrons. The monoisotopic (exact) mass is 1040 g/mol. The first-order chi connectivity index (χ1) is 20.7. The number of fused-ring (bicyclic) bond motifs is 4. The number of benzene rings is 4. The Kier molecular flexibility index (Phi) is 16.9. The number of nitrogens with zero attached hydrogens (tertiary/aromatic N) is 4. The first kappa shape index (κ1) is 42.4. The fourth-order valence-electron chi connectivity index (χ4n) is 3.87. The van der Waals surface area contributed by atoms with Crippen molar-refractivity contribution in [2.24, 2.45) is 0 Å². The fourth-order valence-corrected chi connectivity index (χ4v) is 5.64. The molecular weight excluding hydrogens is 1030 g/mol. The fraction of sp³-hybridized carbons (Fsp3) is 0. The molecule has 18 heteroatoms. The van der Waals surface area contributed by atoms with Crippen LogP contribution in [0.2, 0.25) is 0 Å². The van der Waals surface area contributed by atoms with Crippen molar-refractivity contribution < 1.29 is 117 Å². The van der Waals surface area contributed by atoms with Crippen molar-refractivity contribution in [2.45, 2.75) is 4.90 Å². The van der Waals surface area contributed by atoms with E-state index < -0.39 is 27.7 Å². The molecule has 0 unspecified atom stereocenters. The minimum atomic E-state index is -3.68. The second kappa shape index (κ2) is 18.8. The van der Waals surface area contributed by atoms with Gasteiger partial charge >= 0.3 is 89.5 Å². The average Bonchev–Trinajstić information content (AvgIpc) is 3.74. The van der Waals surface area contributed by atoms with Crippen LogP contribution in [0.25, 0.3) is 31.1 Å². The largest absolute Gasteiger partial charge is 1.00 e. The predicted octanol–water partition coefficient (Wildman–Crippen LogP) is 4.22. The Bertz CT molecular complexity index is 2130. The molecule has 2 aromatic heterocycles. The number of hydrogen-bond acceptors (Lipinski definition) is 9. The maximum absolute atomic E-state index is 11.1. The summed E-state index contributed by atoms with van der Waals surface area (Å²) in [6.45, 7) is 0. The van der Waals surface area contributed by atoms with Gasteiger partial charge in [0, 0.05) is 32.2 Å². The van der Waals surface area contributed by atoms with Crippen LogP contribution in [-0.2, 0) is 99.5 Å². The summed E-state index contributed by atoms with van der Waals surface area (Å²) in [5.41, 5.74) is 1.14. The van der Waals surface area contributed by atoms with E-state index in [9.17, 15) is 32.4 Å². The summed E-state index contributed by atoms with van der Waals surface area (Å²) in [6.07, 6.45) is 0. The normalized spacial score (nSPS) is 12.6. The maximum atomic E-state index is 11.1. The zero-order valence-corrected chi connectivity index (χ0v) is 30.4. The zero-order chi connectivity index (χ0) is 30.6. The third kappa shape index (κ3) is 9.95. The second-order valence-electron chi connectivity index (χ2n) is 8.60. The number of aromatic nitrogens is 2. The molecule has 12 nitrogen and oxygen atoms in total. The van der Waals surface area contributed by atoms with Gasteiger partial charge in [-0.15, -0.1) is 0 Å². The van der Waals surface area contributed by atoms with Crippen molar-refractivity contribution in [3.05, 3.63) is 144 Å². The van der Waals surface area contributed by atoms with Gasteiger partial charge in [-0.25, -0.2) is 8.42 Å². The standard InChI is InChI=1S/C8H5NO2.C7H5NO3S.C7H5NO2.C7H5NOS.4Ag/c10-7-5-3-1-2-4-6(5)8(11)9-7;9-7-5-3-1-2-4-6(5)12(10,11)8-7;2*9-7-5-3-1-2-4-6(5)10-8-7;;;;/h1-4H,(H,9,10,11);1-4H,(H,8,9);2*1-4H,(H,8,9);;;;/q;;;;4*+1/p-4. The van der Waals surface area contributed by atoms with Gasteiger partial charge in [0.05, 0.1) is 28.2 Å². The number of hydrogen-bond donors (Lipinski definition) is 0.